The minimum absolute atomic E-state index is 0.198. The Hall–Kier alpha value is -2.25. The van der Waals surface area contributed by atoms with E-state index < -0.39 is 10.1 Å². The number of pyridine rings is 1. The van der Waals surface area contributed by atoms with Crippen molar-refractivity contribution in [2.24, 2.45) is 5.10 Å². The van der Waals surface area contributed by atoms with Crippen molar-refractivity contribution in [1.82, 2.24) is 0 Å². The van der Waals surface area contributed by atoms with Crippen LogP contribution in [0.25, 0.3) is 0 Å². The van der Waals surface area contributed by atoms with E-state index >= 15 is 0 Å². The van der Waals surface area contributed by atoms with Gasteiger partial charge >= 0.3 is 0 Å². The van der Waals surface area contributed by atoms with E-state index in [9.17, 15) is 8.42 Å². The van der Waals surface area contributed by atoms with Gasteiger partial charge in [0.05, 0.1) is 23.2 Å². The van der Waals surface area contributed by atoms with Crippen molar-refractivity contribution in [2.75, 3.05) is 17.8 Å². The molecule has 0 radical (unpaired) electrons. The molecular weight excluding hydrogens is 338 g/mol. The Morgan fingerprint density at radius 3 is 2.60 bits per heavy atom. The number of benzene rings is 1. The summed E-state index contributed by atoms with van der Waals surface area (Å²) in [5.74, 6) is -0.198. The maximum atomic E-state index is 10.7. The van der Waals surface area contributed by atoms with E-state index in [1.807, 2.05) is 72.3 Å². The Kier molecular flexibility index (Phi) is 6.66. The van der Waals surface area contributed by atoms with Gasteiger partial charge in [-0.2, -0.15) is 13.5 Å². The fourth-order valence-electron chi connectivity index (χ4n) is 2.32. The monoisotopic (exact) mass is 362 g/mol. The first-order valence-electron chi connectivity index (χ1n) is 8.12. The number of hydrogen-bond donors (Lipinski definition) is 1. The van der Waals surface area contributed by atoms with Crippen molar-refractivity contribution in [3.05, 3.63) is 59.9 Å². The average Bonchev–Trinajstić information content (AvgIpc) is 2.57. The summed E-state index contributed by atoms with van der Waals surface area (Å²) < 4.78 is 32.1. The number of unbranched alkanes of at least 4 members (excludes halogenated alkanes) is 1. The maximum Gasteiger partial charge on any atom is 0.264 e. The van der Waals surface area contributed by atoms with E-state index in [0.717, 1.165) is 11.3 Å². The largest absolute Gasteiger partial charge is 0.286 e. The van der Waals surface area contributed by atoms with Crippen molar-refractivity contribution < 1.29 is 17.5 Å². The zero-order valence-electron chi connectivity index (χ0n) is 14.5. The van der Waals surface area contributed by atoms with E-state index in [4.69, 9.17) is 4.55 Å². The van der Waals surface area contributed by atoms with Crippen LogP contribution in [0.15, 0.2) is 53.9 Å². The van der Waals surface area contributed by atoms with E-state index in [1.54, 1.807) is 6.21 Å². The molecule has 0 amide bonds. The second kappa shape index (κ2) is 8.73. The standard InChI is InChI=1S/C18H23N3O3S/c1-16-7-9-18(10-8-16)20(2)19-14-17-6-5-12-21(15-17)11-3-4-13-25(22,23)24/h5-10,12,14-15H,3-4,11,13H2,1-2H3/p+1. The highest BCUT2D eigenvalue weighted by atomic mass is 32.2. The van der Waals surface area contributed by atoms with Gasteiger partial charge in [0.2, 0.25) is 0 Å². The molecule has 2 aromatic rings. The molecule has 0 atom stereocenters. The van der Waals surface area contributed by atoms with Crippen LogP contribution in [-0.4, -0.2) is 32.0 Å². The zero-order valence-corrected chi connectivity index (χ0v) is 15.4. The molecule has 1 heterocycles. The van der Waals surface area contributed by atoms with Crippen LogP contribution in [-0.2, 0) is 16.7 Å². The Morgan fingerprint density at radius 1 is 1.20 bits per heavy atom. The molecule has 0 saturated heterocycles. The summed E-state index contributed by atoms with van der Waals surface area (Å²) in [7, 11) is -1.97. The van der Waals surface area contributed by atoms with Crippen LogP contribution in [0.1, 0.15) is 24.0 Å². The molecule has 6 nitrogen and oxygen atoms in total. The number of aromatic nitrogens is 1. The average molecular weight is 362 g/mol. The molecule has 0 spiro atoms. The van der Waals surface area contributed by atoms with Crippen LogP contribution in [0.5, 0.6) is 0 Å². The second-order valence-electron chi connectivity index (χ2n) is 5.97. The van der Waals surface area contributed by atoms with Crippen LogP contribution in [0.4, 0.5) is 5.69 Å². The maximum absolute atomic E-state index is 10.7. The fraction of sp³-hybridized carbons (Fsp3) is 0.333. The highest BCUT2D eigenvalue weighted by molar-refractivity contribution is 7.85. The lowest BCUT2D eigenvalue weighted by Gasteiger charge is -2.12. The minimum Gasteiger partial charge on any atom is -0.286 e. The number of hydrazone groups is 1. The Labute approximate surface area is 149 Å². The van der Waals surface area contributed by atoms with Gasteiger partial charge in [-0.15, -0.1) is 0 Å². The molecule has 25 heavy (non-hydrogen) atoms. The van der Waals surface area contributed by atoms with Crippen LogP contribution in [0.2, 0.25) is 0 Å². The van der Waals surface area contributed by atoms with E-state index in [2.05, 4.69) is 5.10 Å². The van der Waals surface area contributed by atoms with E-state index in [-0.39, 0.29) is 5.75 Å². The summed E-state index contributed by atoms with van der Waals surface area (Å²) >= 11 is 0. The van der Waals surface area contributed by atoms with Gasteiger partial charge in [0, 0.05) is 19.5 Å². The van der Waals surface area contributed by atoms with Gasteiger partial charge in [-0.1, -0.05) is 17.7 Å². The SMILES string of the molecule is Cc1ccc(N(C)N=Cc2ccc[n+](CCCCS(=O)(=O)O)c2)cc1. The van der Waals surface area contributed by atoms with Gasteiger partial charge in [-0.3, -0.25) is 9.56 Å². The topological polar surface area (TPSA) is 73.8 Å². The second-order valence-corrected chi connectivity index (χ2v) is 7.54. The van der Waals surface area contributed by atoms with Crippen molar-refractivity contribution in [3.8, 4) is 0 Å². The first-order valence-corrected chi connectivity index (χ1v) is 9.73. The fourth-order valence-corrected chi connectivity index (χ4v) is 2.89. The lowest BCUT2D eigenvalue weighted by atomic mass is 10.2. The van der Waals surface area contributed by atoms with Gasteiger partial charge < -0.3 is 0 Å². The zero-order chi connectivity index (χ0) is 18.3. The molecule has 0 aliphatic rings. The molecule has 0 saturated carbocycles. The molecule has 0 fully saturated rings. The van der Waals surface area contributed by atoms with Crippen LogP contribution in [0, 0.1) is 6.92 Å². The summed E-state index contributed by atoms with van der Waals surface area (Å²) in [5.41, 5.74) is 3.17. The normalized spacial score (nSPS) is 11.8. The molecule has 0 unspecified atom stereocenters. The molecule has 0 bridgehead atoms. The van der Waals surface area contributed by atoms with Crippen LogP contribution in [0.3, 0.4) is 0 Å². The van der Waals surface area contributed by atoms with Gasteiger partial charge in [0.15, 0.2) is 12.4 Å². The van der Waals surface area contributed by atoms with Crippen molar-refractivity contribution in [2.45, 2.75) is 26.3 Å². The predicted octanol–water partition coefficient (Wildman–Crippen LogP) is 2.42. The predicted molar refractivity (Wildman–Crippen MR) is 99.5 cm³/mol. The van der Waals surface area contributed by atoms with Gasteiger partial charge in [0.1, 0.15) is 6.54 Å². The van der Waals surface area contributed by atoms with Crippen molar-refractivity contribution in [3.63, 3.8) is 0 Å². The molecule has 2 rings (SSSR count). The van der Waals surface area contributed by atoms with Gasteiger partial charge in [-0.05, 0) is 31.5 Å². The van der Waals surface area contributed by atoms with Gasteiger partial charge in [-0.25, -0.2) is 4.57 Å². The van der Waals surface area contributed by atoms with Crippen molar-refractivity contribution >= 4 is 22.0 Å². The summed E-state index contributed by atoms with van der Waals surface area (Å²) in [4.78, 5) is 0. The van der Waals surface area contributed by atoms with E-state index in [1.165, 1.54) is 5.56 Å². The molecule has 0 aliphatic heterocycles. The minimum atomic E-state index is -3.87. The smallest absolute Gasteiger partial charge is 0.264 e. The number of rotatable bonds is 8. The Morgan fingerprint density at radius 2 is 1.92 bits per heavy atom. The molecule has 134 valence electrons. The molecule has 1 N–H and O–H groups in total. The molecule has 1 aromatic heterocycles. The summed E-state index contributed by atoms with van der Waals surface area (Å²) in [6.45, 7) is 2.73. The molecule has 7 heteroatoms. The lowest BCUT2D eigenvalue weighted by Crippen LogP contribution is -2.33. The quantitative estimate of drug-likeness (QED) is 0.257. The number of anilines is 1. The summed E-state index contributed by atoms with van der Waals surface area (Å²) in [6.07, 6.45) is 6.78. The van der Waals surface area contributed by atoms with E-state index in [0.29, 0.717) is 19.4 Å². The van der Waals surface area contributed by atoms with Crippen LogP contribution < -0.4 is 9.58 Å². The highest BCUT2D eigenvalue weighted by Crippen LogP contribution is 2.13. The first-order chi connectivity index (χ1) is 11.8. The van der Waals surface area contributed by atoms with Crippen LogP contribution >= 0.6 is 0 Å². The summed E-state index contributed by atoms with van der Waals surface area (Å²) in [6, 6.07) is 12.0. The Bertz CT molecular complexity index is 818. The number of nitrogens with zero attached hydrogens (tertiary/aromatic N) is 3. The lowest BCUT2D eigenvalue weighted by molar-refractivity contribution is -0.697. The molecular formula is C18H24N3O3S+. The van der Waals surface area contributed by atoms with Crippen molar-refractivity contribution in [1.29, 1.82) is 0 Å². The molecule has 0 aliphatic carbocycles. The molecule has 1 aromatic carbocycles. The summed E-state index contributed by atoms with van der Waals surface area (Å²) in [5, 5.41) is 6.26. The van der Waals surface area contributed by atoms with Gasteiger partial charge in [0.25, 0.3) is 10.1 Å². The third-order valence-electron chi connectivity index (χ3n) is 3.74. The number of hydrogen-bond acceptors (Lipinski definition) is 4. The third kappa shape index (κ3) is 7.03. The first kappa shape index (κ1) is 19.1. The highest BCUT2D eigenvalue weighted by Gasteiger charge is 2.06. The number of aryl methyl sites for hydroxylation is 2. The third-order valence-corrected chi connectivity index (χ3v) is 4.54. The Balaban J connectivity index is 1.92.